The number of anilines is 1. The van der Waals surface area contributed by atoms with Crippen LogP contribution < -0.4 is 10.2 Å². The van der Waals surface area contributed by atoms with E-state index in [2.05, 4.69) is 17.2 Å². The van der Waals surface area contributed by atoms with Crippen LogP contribution in [0.4, 0.5) is 5.69 Å². The summed E-state index contributed by atoms with van der Waals surface area (Å²) < 4.78 is 1.69. The number of unbranched alkanes of at least 4 members (excludes halogenated alkanes) is 1. The lowest BCUT2D eigenvalue weighted by Crippen LogP contribution is -2.32. The molecule has 2 heterocycles. The molecular formula is C22H26N4O2. The van der Waals surface area contributed by atoms with Crippen molar-refractivity contribution in [2.45, 2.75) is 33.6 Å². The van der Waals surface area contributed by atoms with Gasteiger partial charge in [0.15, 0.2) is 5.69 Å². The van der Waals surface area contributed by atoms with Gasteiger partial charge in [-0.1, -0.05) is 31.5 Å². The molecule has 3 rings (SSSR count). The lowest BCUT2D eigenvalue weighted by molar-refractivity contribution is 0.0950. The summed E-state index contributed by atoms with van der Waals surface area (Å²) in [5.74, 6) is -0.253. The van der Waals surface area contributed by atoms with Gasteiger partial charge < -0.3 is 10.2 Å². The van der Waals surface area contributed by atoms with Crippen LogP contribution in [0.3, 0.4) is 0 Å². The van der Waals surface area contributed by atoms with Gasteiger partial charge in [0.2, 0.25) is 5.82 Å². The molecule has 1 aromatic carbocycles. The third kappa shape index (κ3) is 3.91. The van der Waals surface area contributed by atoms with Crippen LogP contribution in [-0.4, -0.2) is 34.3 Å². The minimum absolute atomic E-state index is 0.234. The number of aromatic nitrogens is 2. The molecule has 0 saturated carbocycles. The molecule has 0 spiro atoms. The lowest BCUT2D eigenvalue weighted by atomic mass is 10.2. The Morgan fingerprint density at radius 2 is 1.96 bits per heavy atom. The van der Waals surface area contributed by atoms with Crippen LogP contribution in [0.1, 0.15) is 53.4 Å². The smallest absolute Gasteiger partial charge is 0.294 e. The summed E-state index contributed by atoms with van der Waals surface area (Å²) >= 11 is 0. The van der Waals surface area contributed by atoms with Crippen molar-refractivity contribution in [3.05, 3.63) is 65.7 Å². The van der Waals surface area contributed by atoms with Crippen molar-refractivity contribution in [1.82, 2.24) is 14.7 Å². The van der Waals surface area contributed by atoms with Gasteiger partial charge in [0, 0.05) is 25.0 Å². The number of benzene rings is 1. The Labute approximate surface area is 165 Å². The number of hydrogen-bond acceptors (Lipinski definition) is 3. The molecule has 6 heteroatoms. The molecule has 146 valence electrons. The van der Waals surface area contributed by atoms with Gasteiger partial charge in [-0.15, -0.1) is 0 Å². The molecular weight excluding hydrogens is 352 g/mol. The maximum Gasteiger partial charge on any atom is 0.294 e. The lowest BCUT2D eigenvalue weighted by Gasteiger charge is -2.20. The quantitative estimate of drug-likeness (QED) is 0.635. The van der Waals surface area contributed by atoms with Crippen molar-refractivity contribution in [2.75, 3.05) is 18.0 Å². The number of amides is 2. The fraction of sp³-hybridized carbons (Fsp3) is 0.318. The first-order valence-electron chi connectivity index (χ1n) is 9.70. The number of rotatable bonds is 7. The Kier molecular flexibility index (Phi) is 6.09. The van der Waals surface area contributed by atoms with Crippen molar-refractivity contribution in [1.29, 1.82) is 0 Å². The summed E-state index contributed by atoms with van der Waals surface area (Å²) in [4.78, 5) is 32.0. The van der Waals surface area contributed by atoms with Gasteiger partial charge in [-0.2, -0.15) is 0 Å². The summed E-state index contributed by atoms with van der Waals surface area (Å²) in [7, 11) is 0. The second-order valence-corrected chi connectivity index (χ2v) is 6.74. The van der Waals surface area contributed by atoms with E-state index in [1.807, 2.05) is 56.3 Å². The topological polar surface area (TPSA) is 66.7 Å². The molecule has 0 unspecified atom stereocenters. The van der Waals surface area contributed by atoms with E-state index in [4.69, 9.17) is 0 Å². The number of nitrogens with one attached hydrogen (secondary N) is 1. The molecule has 6 nitrogen and oxygen atoms in total. The minimum atomic E-state index is -0.255. The number of nitrogens with zero attached hydrogens (tertiary/aromatic N) is 3. The average molecular weight is 378 g/mol. The highest BCUT2D eigenvalue weighted by Crippen LogP contribution is 2.20. The zero-order valence-corrected chi connectivity index (χ0v) is 16.6. The maximum atomic E-state index is 13.3. The third-order valence-corrected chi connectivity index (χ3v) is 4.65. The first-order chi connectivity index (χ1) is 13.6. The summed E-state index contributed by atoms with van der Waals surface area (Å²) in [5, 5.41) is 2.89. The predicted octanol–water partition coefficient (Wildman–Crippen LogP) is 3.84. The van der Waals surface area contributed by atoms with Gasteiger partial charge in [0.25, 0.3) is 11.8 Å². The van der Waals surface area contributed by atoms with Crippen molar-refractivity contribution in [3.8, 4) is 0 Å². The van der Waals surface area contributed by atoms with Crippen LogP contribution in [0, 0.1) is 6.92 Å². The standard InChI is InChI=1S/C22H26N4O2/c1-4-6-13-23-21(27)19-18-12-7-8-14-26(18)20(24-19)22(28)25(5-2)17-11-9-10-16(3)15-17/h7-12,14-15H,4-6,13H2,1-3H3,(H,23,27). The van der Waals surface area contributed by atoms with E-state index >= 15 is 0 Å². The Morgan fingerprint density at radius 3 is 2.68 bits per heavy atom. The predicted molar refractivity (Wildman–Crippen MR) is 111 cm³/mol. The fourth-order valence-corrected chi connectivity index (χ4v) is 3.18. The Bertz CT molecular complexity index is 993. The molecule has 0 fully saturated rings. The van der Waals surface area contributed by atoms with Gasteiger partial charge in [-0.25, -0.2) is 4.98 Å². The summed E-state index contributed by atoms with van der Waals surface area (Å²) in [6.45, 7) is 7.08. The van der Waals surface area contributed by atoms with Crippen LogP contribution in [0.2, 0.25) is 0 Å². The number of hydrogen-bond donors (Lipinski definition) is 1. The maximum absolute atomic E-state index is 13.3. The molecule has 0 atom stereocenters. The van der Waals surface area contributed by atoms with Crippen molar-refractivity contribution >= 4 is 23.0 Å². The van der Waals surface area contributed by atoms with E-state index in [9.17, 15) is 9.59 Å². The van der Waals surface area contributed by atoms with Gasteiger partial charge in [-0.05, 0) is 50.1 Å². The van der Waals surface area contributed by atoms with Gasteiger partial charge in [0.05, 0.1) is 5.52 Å². The number of pyridine rings is 1. The van der Waals surface area contributed by atoms with Crippen LogP contribution in [0.5, 0.6) is 0 Å². The zero-order chi connectivity index (χ0) is 20.1. The van der Waals surface area contributed by atoms with Crippen molar-refractivity contribution < 1.29 is 9.59 Å². The Morgan fingerprint density at radius 1 is 1.14 bits per heavy atom. The van der Waals surface area contributed by atoms with E-state index in [1.165, 1.54) is 0 Å². The van der Waals surface area contributed by atoms with Gasteiger partial charge >= 0.3 is 0 Å². The van der Waals surface area contributed by atoms with Gasteiger partial charge in [-0.3, -0.25) is 14.0 Å². The number of carbonyl (C=O) groups is 2. The molecule has 2 amide bonds. The number of carbonyl (C=O) groups excluding carboxylic acids is 2. The summed E-state index contributed by atoms with van der Waals surface area (Å²) in [6.07, 6.45) is 3.67. The second kappa shape index (κ2) is 8.69. The Hall–Kier alpha value is -3.15. The van der Waals surface area contributed by atoms with E-state index in [1.54, 1.807) is 15.5 Å². The van der Waals surface area contributed by atoms with E-state index in [0.29, 0.717) is 18.6 Å². The second-order valence-electron chi connectivity index (χ2n) is 6.74. The molecule has 2 aromatic heterocycles. The fourth-order valence-electron chi connectivity index (χ4n) is 3.18. The van der Waals surface area contributed by atoms with Crippen LogP contribution >= 0.6 is 0 Å². The largest absolute Gasteiger partial charge is 0.351 e. The highest BCUT2D eigenvalue weighted by molar-refractivity contribution is 6.07. The van der Waals surface area contributed by atoms with Gasteiger partial charge in [0.1, 0.15) is 0 Å². The summed E-state index contributed by atoms with van der Waals surface area (Å²) in [6, 6.07) is 13.3. The van der Waals surface area contributed by atoms with E-state index in [0.717, 1.165) is 24.1 Å². The average Bonchev–Trinajstić information content (AvgIpc) is 3.08. The molecule has 0 aliphatic rings. The minimum Gasteiger partial charge on any atom is -0.351 e. The Balaban J connectivity index is 2.00. The molecule has 28 heavy (non-hydrogen) atoms. The van der Waals surface area contributed by atoms with Crippen LogP contribution in [0.25, 0.3) is 5.52 Å². The third-order valence-electron chi connectivity index (χ3n) is 4.65. The van der Waals surface area contributed by atoms with Crippen molar-refractivity contribution in [2.24, 2.45) is 0 Å². The van der Waals surface area contributed by atoms with Crippen LogP contribution in [0.15, 0.2) is 48.7 Å². The highest BCUT2D eigenvalue weighted by Gasteiger charge is 2.25. The SMILES string of the molecule is CCCCNC(=O)c1nc(C(=O)N(CC)c2cccc(C)c2)n2ccccc12. The summed E-state index contributed by atoms with van der Waals surface area (Å²) in [5.41, 5.74) is 2.79. The molecule has 0 bridgehead atoms. The molecule has 3 aromatic rings. The van der Waals surface area contributed by atoms with Crippen molar-refractivity contribution in [3.63, 3.8) is 0 Å². The molecule has 0 aliphatic heterocycles. The number of imidazole rings is 1. The zero-order valence-electron chi connectivity index (χ0n) is 16.6. The number of fused-ring (bicyclic) bond motifs is 1. The molecule has 0 aliphatic carbocycles. The monoisotopic (exact) mass is 378 g/mol. The molecule has 0 radical (unpaired) electrons. The van der Waals surface area contributed by atoms with E-state index in [-0.39, 0.29) is 23.3 Å². The van der Waals surface area contributed by atoms with Crippen LogP contribution in [-0.2, 0) is 0 Å². The van der Waals surface area contributed by atoms with E-state index < -0.39 is 0 Å². The first kappa shape index (κ1) is 19.6. The highest BCUT2D eigenvalue weighted by atomic mass is 16.2. The normalized spacial score (nSPS) is 10.8. The first-order valence-corrected chi connectivity index (χ1v) is 9.70. The molecule has 0 saturated heterocycles. The molecule has 1 N–H and O–H groups in total. The number of aryl methyl sites for hydroxylation is 1.